The summed E-state index contributed by atoms with van der Waals surface area (Å²) < 4.78 is 40.9. The van der Waals surface area contributed by atoms with Crippen LogP contribution < -0.4 is 11.1 Å². The molecule has 85 heavy (non-hydrogen) atoms. The summed E-state index contributed by atoms with van der Waals surface area (Å²) in [5, 5.41) is 22.6. The Balaban J connectivity index is 0.000000197. The highest BCUT2D eigenvalue weighted by atomic mass is 35.5. The zero-order valence-corrected chi connectivity index (χ0v) is 48.9. The second-order valence-corrected chi connectivity index (χ2v) is 22.3. The summed E-state index contributed by atoms with van der Waals surface area (Å²) >= 11 is 0. The van der Waals surface area contributed by atoms with E-state index in [2.05, 4.69) is 66.0 Å². The molecular formula is C64H63Cl3F2N14O2. The van der Waals surface area contributed by atoms with Crippen LogP contribution in [-0.4, -0.2) is 70.0 Å². The topological polar surface area (TPSA) is 186 Å². The number of nitrogens with two attached hydrogens (primary N) is 1. The fourth-order valence-corrected chi connectivity index (χ4v) is 11.0. The lowest BCUT2D eigenvalue weighted by Crippen LogP contribution is -2.52. The summed E-state index contributed by atoms with van der Waals surface area (Å²) in [4.78, 5) is 31.7. The molecule has 0 bridgehead atoms. The van der Waals surface area contributed by atoms with E-state index < -0.39 is 17.2 Å². The van der Waals surface area contributed by atoms with E-state index in [4.69, 9.17) is 20.4 Å². The number of nitrogens with zero attached hydrogens (tertiary/aromatic N) is 12. The largest absolute Gasteiger partial charge is 0.444 e. The van der Waals surface area contributed by atoms with Gasteiger partial charge < -0.3 is 24.9 Å². The second-order valence-electron chi connectivity index (χ2n) is 22.3. The van der Waals surface area contributed by atoms with Crippen LogP contribution in [0.25, 0.3) is 101 Å². The average molecular weight is 1200 g/mol. The quantitative estimate of drug-likeness (QED) is 0.140. The molecular weight excluding hydrogens is 1140 g/mol. The molecule has 2 saturated carbocycles. The number of amides is 1. The highest BCUT2D eigenvalue weighted by Gasteiger charge is 2.41. The predicted octanol–water partition coefficient (Wildman–Crippen LogP) is 14.4. The van der Waals surface area contributed by atoms with Gasteiger partial charge in [0.2, 0.25) is 0 Å². The number of pyridine rings is 4. The van der Waals surface area contributed by atoms with Gasteiger partial charge in [-0.05, 0) is 130 Å². The van der Waals surface area contributed by atoms with Crippen LogP contribution in [0.15, 0.2) is 159 Å². The van der Waals surface area contributed by atoms with Crippen molar-refractivity contribution in [1.82, 2.24) is 63.6 Å². The lowest BCUT2D eigenvalue weighted by molar-refractivity contribution is 0.0377. The second kappa shape index (κ2) is 23.8. The number of benzene rings is 4. The Morgan fingerprint density at radius 3 is 1.35 bits per heavy atom. The van der Waals surface area contributed by atoms with Gasteiger partial charge >= 0.3 is 6.09 Å². The van der Waals surface area contributed by atoms with Gasteiger partial charge in [0.05, 0.1) is 40.6 Å². The van der Waals surface area contributed by atoms with Crippen molar-refractivity contribution in [2.45, 2.75) is 83.4 Å². The number of carbonyl (C=O) groups excluding carboxylic acids is 1. The molecule has 0 atom stereocenters. The van der Waals surface area contributed by atoms with E-state index in [-0.39, 0.29) is 61.8 Å². The number of imidazole rings is 2. The van der Waals surface area contributed by atoms with Crippen molar-refractivity contribution in [3.8, 4) is 67.8 Å². The molecule has 0 aliphatic heterocycles. The first kappa shape index (κ1) is 60.9. The van der Waals surface area contributed by atoms with Gasteiger partial charge in [0.15, 0.2) is 22.9 Å². The number of aryl methyl sites for hydroxylation is 2. The lowest BCUT2D eigenvalue weighted by atomic mass is 9.71. The Hall–Kier alpha value is -8.68. The number of carbonyl (C=O) groups is 1. The first-order valence-corrected chi connectivity index (χ1v) is 26.9. The van der Waals surface area contributed by atoms with Gasteiger partial charge in [0.1, 0.15) is 28.6 Å². The smallest absolute Gasteiger partial charge is 0.408 e. The molecule has 12 aromatic rings. The van der Waals surface area contributed by atoms with Gasteiger partial charge in [0.25, 0.3) is 0 Å². The molecule has 1 amide bonds. The molecule has 0 saturated heterocycles. The zero-order chi connectivity index (χ0) is 55.8. The van der Waals surface area contributed by atoms with Crippen LogP contribution >= 0.6 is 37.2 Å². The Labute approximate surface area is 508 Å². The maximum atomic E-state index is 13.9. The number of hydrogen-bond donors (Lipinski definition) is 2. The van der Waals surface area contributed by atoms with E-state index in [1.165, 1.54) is 30.7 Å². The molecule has 0 spiro atoms. The summed E-state index contributed by atoms with van der Waals surface area (Å²) in [5.41, 5.74) is 18.7. The molecule has 8 heterocycles. The Morgan fingerprint density at radius 2 is 0.988 bits per heavy atom. The highest BCUT2D eigenvalue weighted by Crippen LogP contribution is 2.44. The Kier molecular flexibility index (Phi) is 17.0. The fraction of sp³-hybridized carbons (Fsp3) is 0.234. The third-order valence-electron chi connectivity index (χ3n) is 15.6. The van der Waals surface area contributed by atoms with Crippen molar-refractivity contribution in [3.05, 3.63) is 182 Å². The molecule has 8 aromatic heterocycles. The summed E-state index contributed by atoms with van der Waals surface area (Å²) in [6.45, 7) is 5.58. The van der Waals surface area contributed by atoms with Gasteiger partial charge in [-0.1, -0.05) is 80.2 Å². The molecule has 0 unspecified atom stereocenters. The average Bonchev–Trinajstić information content (AvgIpc) is 2.10. The molecule has 0 radical (unpaired) electrons. The third kappa shape index (κ3) is 11.5. The first-order valence-electron chi connectivity index (χ1n) is 26.9. The van der Waals surface area contributed by atoms with Crippen LogP contribution in [0.1, 0.15) is 77.8 Å². The number of halogens is 5. The van der Waals surface area contributed by atoms with Crippen molar-refractivity contribution in [2.24, 2.45) is 19.8 Å². The van der Waals surface area contributed by atoms with Gasteiger partial charge in [0, 0.05) is 77.4 Å². The standard InChI is InChI=1S/C34H32FN7O2.C29H24FN7.CH4.3ClH/c1-33(2,3)44-32(43)38-34(15-5-16-34)23-10-6-22(7-11-23)29-25(21-8-12-24(35)13-9-21)18-26-27(37-29)14-17-42-30(26)39-40-31(42)28-19-41(4)20-36-28;1-36-16-25(32-17-36)28-35-34-27-23-15-22(18-5-9-21(30)10-6-18)26(33-24(23)11-14-37(27)28)19-3-7-20(8-4-19)29(31)12-2-13-29;;;;/h6-14,17-20H,5,15-16H2,1-4H3,(H,38,43);3-11,14-17H,2,12-13,31H2,1H3;1H4;3*1H. The van der Waals surface area contributed by atoms with E-state index in [1.54, 1.807) is 36.9 Å². The van der Waals surface area contributed by atoms with Gasteiger partial charge in [-0.2, -0.15) is 0 Å². The van der Waals surface area contributed by atoms with Gasteiger partial charge in [-0.3, -0.25) is 8.80 Å². The van der Waals surface area contributed by atoms with E-state index in [1.807, 2.05) is 120 Å². The predicted molar refractivity (Wildman–Crippen MR) is 336 cm³/mol. The van der Waals surface area contributed by atoms with Crippen LogP contribution in [0.3, 0.4) is 0 Å². The van der Waals surface area contributed by atoms with Crippen molar-refractivity contribution >= 4 is 76.4 Å². The number of alkyl carbamates (subject to hydrolysis) is 1. The number of aromatic nitrogens is 12. The van der Waals surface area contributed by atoms with Crippen LogP contribution in [0.5, 0.6) is 0 Å². The third-order valence-corrected chi connectivity index (χ3v) is 15.6. The van der Waals surface area contributed by atoms with Crippen molar-refractivity contribution in [3.63, 3.8) is 0 Å². The first-order chi connectivity index (χ1) is 39.1. The summed E-state index contributed by atoms with van der Waals surface area (Å²) in [6, 6.07) is 37.5. The molecule has 16 nitrogen and oxygen atoms in total. The minimum atomic E-state index is -0.574. The molecule has 3 N–H and O–H groups in total. The number of nitrogens with one attached hydrogen (secondary N) is 1. The molecule has 436 valence electrons. The van der Waals surface area contributed by atoms with Gasteiger partial charge in [-0.25, -0.2) is 33.5 Å². The van der Waals surface area contributed by atoms with Crippen molar-refractivity contribution < 1.29 is 18.3 Å². The van der Waals surface area contributed by atoms with Crippen LogP contribution in [0.4, 0.5) is 13.6 Å². The summed E-state index contributed by atoms with van der Waals surface area (Å²) in [5.74, 6) is 0.705. The van der Waals surface area contributed by atoms with Gasteiger partial charge in [-0.15, -0.1) is 57.6 Å². The molecule has 14 rings (SSSR count). The Morgan fingerprint density at radius 1 is 0.576 bits per heavy atom. The molecule has 4 aromatic carbocycles. The monoisotopic (exact) mass is 1200 g/mol. The van der Waals surface area contributed by atoms with E-state index >= 15 is 0 Å². The SMILES string of the molecule is C.Cl.Cl.Cl.Cn1cnc(-c2nnc3c4cc(-c5ccc(F)cc5)c(-c5ccc(C6(N)CCC6)cc5)nc4ccn23)c1.Cn1cnc(-c2nnc3c4cc(-c5ccc(F)cc5)c(-c5ccc(C6(NC(=O)OC(C)(C)C)CCC6)cc5)nc4ccn23)c1. The minimum absolute atomic E-state index is 0. The minimum Gasteiger partial charge on any atom is -0.444 e. The van der Waals surface area contributed by atoms with E-state index in [0.29, 0.717) is 28.6 Å². The van der Waals surface area contributed by atoms with E-state index in [9.17, 15) is 13.6 Å². The van der Waals surface area contributed by atoms with Crippen molar-refractivity contribution in [1.29, 1.82) is 0 Å². The number of hydrogen-bond acceptors (Lipinski definition) is 11. The van der Waals surface area contributed by atoms with Crippen LogP contribution in [0.2, 0.25) is 0 Å². The molecule has 21 heteroatoms. The zero-order valence-electron chi connectivity index (χ0n) is 46.5. The summed E-state index contributed by atoms with van der Waals surface area (Å²) in [6.07, 6.45) is 16.6. The molecule has 2 aliphatic rings. The maximum Gasteiger partial charge on any atom is 0.408 e. The van der Waals surface area contributed by atoms with E-state index in [0.717, 1.165) is 115 Å². The fourth-order valence-electron chi connectivity index (χ4n) is 11.0. The molecule has 2 fully saturated rings. The maximum absolute atomic E-state index is 13.9. The number of fused-ring (bicyclic) bond motifs is 6. The highest BCUT2D eigenvalue weighted by molar-refractivity contribution is 6.00. The van der Waals surface area contributed by atoms with Crippen LogP contribution in [0, 0.1) is 11.6 Å². The molecule has 2 aliphatic carbocycles. The Bertz CT molecular complexity index is 4380. The van der Waals surface area contributed by atoms with Crippen LogP contribution in [-0.2, 0) is 29.9 Å². The number of ether oxygens (including phenoxy) is 1. The summed E-state index contributed by atoms with van der Waals surface area (Å²) in [7, 11) is 3.83. The number of rotatable bonds is 9. The normalized spacial score (nSPS) is 13.9. The lowest BCUT2D eigenvalue weighted by Gasteiger charge is -2.43. The van der Waals surface area contributed by atoms with Crippen molar-refractivity contribution in [2.75, 3.05) is 0 Å².